The number of carbonyl (C=O) groups is 1. The van der Waals surface area contributed by atoms with Crippen molar-refractivity contribution in [1.29, 1.82) is 0 Å². The van der Waals surface area contributed by atoms with Crippen molar-refractivity contribution in [3.63, 3.8) is 0 Å². The van der Waals surface area contributed by atoms with Gasteiger partial charge in [-0.25, -0.2) is 4.39 Å². The van der Waals surface area contributed by atoms with Crippen molar-refractivity contribution in [2.75, 3.05) is 26.7 Å². The van der Waals surface area contributed by atoms with Gasteiger partial charge in [0.05, 0.1) is 17.8 Å². The fourth-order valence-electron chi connectivity index (χ4n) is 4.44. The van der Waals surface area contributed by atoms with Crippen LogP contribution in [0.1, 0.15) is 67.1 Å². The van der Waals surface area contributed by atoms with E-state index in [0.717, 1.165) is 37.8 Å². The van der Waals surface area contributed by atoms with E-state index in [1.165, 1.54) is 12.3 Å². The first-order valence-corrected chi connectivity index (χ1v) is 9.81. The summed E-state index contributed by atoms with van der Waals surface area (Å²) in [5, 5.41) is 4.20. The van der Waals surface area contributed by atoms with Crippen LogP contribution in [-0.4, -0.2) is 57.5 Å². The van der Waals surface area contributed by atoms with Crippen molar-refractivity contribution in [3.05, 3.63) is 41.6 Å². The van der Waals surface area contributed by atoms with Crippen LogP contribution in [0, 0.1) is 11.2 Å². The van der Waals surface area contributed by atoms with E-state index in [1.54, 1.807) is 4.90 Å². The van der Waals surface area contributed by atoms with Crippen LogP contribution in [0.25, 0.3) is 0 Å². The highest BCUT2D eigenvalue weighted by molar-refractivity contribution is 5.94. The summed E-state index contributed by atoms with van der Waals surface area (Å²) in [6.45, 7) is 6.27. The Morgan fingerprint density at radius 3 is 2.75 bits per heavy atom. The minimum atomic E-state index is -0.563. The lowest BCUT2D eigenvalue weighted by molar-refractivity contribution is 0.0588. The summed E-state index contributed by atoms with van der Waals surface area (Å²) in [6.07, 6.45) is 5.27. The smallest absolute Gasteiger partial charge is 0.256 e. The fraction of sp³-hybridized carbons (Fsp3) is 0.600. The van der Waals surface area contributed by atoms with Gasteiger partial charge in [0.25, 0.3) is 5.91 Å². The van der Waals surface area contributed by atoms with Crippen molar-refractivity contribution in [2.24, 2.45) is 5.41 Å². The zero-order chi connectivity index (χ0) is 19.9. The van der Waals surface area contributed by atoms with Gasteiger partial charge in [-0.15, -0.1) is 0 Å². The monoisotopic (exact) mass is 387 g/mol. The number of hydrogen-bond donors (Lipinski definition) is 0. The van der Waals surface area contributed by atoms with E-state index in [0.29, 0.717) is 19.0 Å². The number of piperidine rings is 1. The molecule has 2 fully saturated rings. The highest BCUT2D eigenvalue weighted by Crippen LogP contribution is 2.47. The van der Waals surface area contributed by atoms with E-state index in [-0.39, 0.29) is 28.8 Å². The molecule has 1 atom stereocenters. The first-order chi connectivity index (χ1) is 13.4. The van der Waals surface area contributed by atoms with Crippen LogP contribution >= 0.6 is 0 Å². The predicted octanol–water partition coefficient (Wildman–Crippen LogP) is 3.03. The van der Waals surface area contributed by atoms with E-state index >= 15 is 0 Å². The molecule has 0 aromatic carbocycles. The third kappa shape index (κ3) is 3.41. The highest BCUT2D eigenvalue weighted by atomic mass is 19.1. The van der Waals surface area contributed by atoms with Gasteiger partial charge in [0.15, 0.2) is 11.6 Å². The number of rotatable bonds is 3. The van der Waals surface area contributed by atoms with E-state index in [2.05, 4.69) is 27.1 Å². The Morgan fingerprint density at radius 2 is 2.11 bits per heavy atom. The number of aromatic nitrogens is 3. The van der Waals surface area contributed by atoms with Crippen molar-refractivity contribution in [3.8, 4) is 0 Å². The number of pyridine rings is 1. The van der Waals surface area contributed by atoms with Crippen LogP contribution in [0.5, 0.6) is 0 Å². The van der Waals surface area contributed by atoms with E-state index in [9.17, 15) is 9.18 Å². The Balaban J connectivity index is 1.43. The van der Waals surface area contributed by atoms with E-state index in [4.69, 9.17) is 4.52 Å². The molecular weight excluding hydrogens is 361 g/mol. The first kappa shape index (κ1) is 19.0. The van der Waals surface area contributed by atoms with Gasteiger partial charge in [0, 0.05) is 31.7 Å². The van der Waals surface area contributed by atoms with Gasteiger partial charge in [-0.2, -0.15) is 4.98 Å². The Bertz CT molecular complexity index is 860. The molecule has 4 heterocycles. The molecule has 7 nitrogen and oxygen atoms in total. The van der Waals surface area contributed by atoms with Gasteiger partial charge >= 0.3 is 0 Å². The summed E-state index contributed by atoms with van der Waals surface area (Å²) in [5.74, 6) is 0.818. The molecule has 2 aliphatic heterocycles. The number of halogens is 1. The van der Waals surface area contributed by atoms with Gasteiger partial charge < -0.3 is 9.42 Å². The molecule has 150 valence electrons. The first-order valence-electron chi connectivity index (χ1n) is 9.81. The lowest BCUT2D eigenvalue weighted by Crippen LogP contribution is -2.44. The van der Waals surface area contributed by atoms with Gasteiger partial charge in [-0.05, 0) is 37.8 Å². The Hall–Kier alpha value is -2.35. The van der Waals surface area contributed by atoms with Crippen LogP contribution in [0.3, 0.4) is 0 Å². The van der Waals surface area contributed by atoms with Crippen molar-refractivity contribution >= 4 is 5.91 Å². The largest absolute Gasteiger partial charge is 0.339 e. The molecule has 4 rings (SSSR count). The lowest BCUT2D eigenvalue weighted by Gasteiger charge is -2.39. The highest BCUT2D eigenvalue weighted by Gasteiger charge is 2.46. The summed E-state index contributed by atoms with van der Waals surface area (Å²) < 4.78 is 19.3. The van der Waals surface area contributed by atoms with Gasteiger partial charge in [-0.1, -0.05) is 19.0 Å². The molecular formula is C20H26FN5O2. The molecule has 0 N–H and O–H groups in total. The average molecular weight is 387 g/mol. The minimum absolute atomic E-state index is 0.0976. The fourth-order valence-corrected chi connectivity index (χ4v) is 4.44. The predicted molar refractivity (Wildman–Crippen MR) is 100 cm³/mol. The zero-order valence-electron chi connectivity index (χ0n) is 16.6. The SMILES string of the molecule is CC(C)c1nc(C2CC3(CCN(C(=O)c4ccncc4F)CC3)CN2C)no1. The van der Waals surface area contributed by atoms with E-state index in [1.807, 2.05) is 13.8 Å². The number of amides is 1. The molecule has 0 bridgehead atoms. The summed E-state index contributed by atoms with van der Waals surface area (Å²) in [6, 6.07) is 1.58. The minimum Gasteiger partial charge on any atom is -0.339 e. The third-order valence-corrected chi connectivity index (χ3v) is 6.11. The van der Waals surface area contributed by atoms with Crippen LogP contribution in [0.4, 0.5) is 4.39 Å². The Kier molecular flexibility index (Phi) is 4.91. The molecule has 2 aromatic heterocycles. The van der Waals surface area contributed by atoms with Crippen molar-refractivity contribution in [1.82, 2.24) is 24.9 Å². The molecule has 0 aliphatic carbocycles. The van der Waals surface area contributed by atoms with Gasteiger partial charge in [0.2, 0.25) is 5.89 Å². The number of hydrogen-bond acceptors (Lipinski definition) is 6. The van der Waals surface area contributed by atoms with E-state index < -0.39 is 5.82 Å². The summed E-state index contributed by atoms with van der Waals surface area (Å²) >= 11 is 0. The quantitative estimate of drug-likeness (QED) is 0.806. The molecule has 2 saturated heterocycles. The normalized spacial score (nSPS) is 22.3. The number of carbonyl (C=O) groups excluding carboxylic acids is 1. The van der Waals surface area contributed by atoms with Gasteiger partial charge in [-0.3, -0.25) is 14.7 Å². The molecule has 2 aliphatic rings. The van der Waals surface area contributed by atoms with Crippen molar-refractivity contribution in [2.45, 2.75) is 45.1 Å². The molecule has 1 spiro atoms. The van der Waals surface area contributed by atoms with Gasteiger partial charge in [0.1, 0.15) is 0 Å². The molecule has 0 radical (unpaired) electrons. The summed E-state index contributed by atoms with van der Waals surface area (Å²) in [7, 11) is 2.09. The summed E-state index contributed by atoms with van der Waals surface area (Å²) in [4.78, 5) is 25.0. The van der Waals surface area contributed by atoms with Crippen LogP contribution in [0.15, 0.2) is 23.0 Å². The van der Waals surface area contributed by atoms with Crippen LogP contribution in [0.2, 0.25) is 0 Å². The maximum Gasteiger partial charge on any atom is 0.256 e. The molecule has 2 aromatic rings. The zero-order valence-corrected chi connectivity index (χ0v) is 16.6. The second kappa shape index (κ2) is 7.24. The van der Waals surface area contributed by atoms with Crippen molar-refractivity contribution < 1.29 is 13.7 Å². The number of nitrogens with zero attached hydrogens (tertiary/aromatic N) is 5. The maximum atomic E-state index is 13.9. The average Bonchev–Trinajstić information content (AvgIpc) is 3.27. The maximum absolute atomic E-state index is 13.9. The molecule has 1 unspecified atom stereocenters. The number of likely N-dealkylation sites (tertiary alicyclic amines) is 2. The standard InChI is InChI=1S/C20H26FN5O2/c1-13(2)18-23-17(24-28-18)16-10-20(12-25(16)3)5-8-26(9-6-20)19(27)14-4-7-22-11-15(14)21/h4,7,11,13,16H,5-6,8-10,12H2,1-3H3. The Labute approximate surface area is 163 Å². The molecule has 1 amide bonds. The Morgan fingerprint density at radius 1 is 1.36 bits per heavy atom. The lowest BCUT2D eigenvalue weighted by atomic mass is 9.76. The summed E-state index contributed by atoms with van der Waals surface area (Å²) in [5.41, 5.74) is 0.228. The van der Waals surface area contributed by atoms with Crippen LogP contribution < -0.4 is 0 Å². The molecule has 0 saturated carbocycles. The topological polar surface area (TPSA) is 75.4 Å². The third-order valence-electron chi connectivity index (χ3n) is 6.11. The second-order valence-electron chi connectivity index (χ2n) is 8.43. The van der Waals surface area contributed by atoms with Crippen LogP contribution in [-0.2, 0) is 0 Å². The second-order valence-corrected chi connectivity index (χ2v) is 8.43. The molecule has 28 heavy (non-hydrogen) atoms. The molecule has 8 heteroatoms.